The summed E-state index contributed by atoms with van der Waals surface area (Å²) in [6.45, 7) is 5.59. The van der Waals surface area contributed by atoms with Crippen LogP contribution in [-0.4, -0.2) is 80.9 Å². The molecular weight excluding hydrogens is 504 g/mol. The summed E-state index contributed by atoms with van der Waals surface area (Å²) < 4.78 is 31.9. The van der Waals surface area contributed by atoms with Gasteiger partial charge in [-0.3, -0.25) is 4.79 Å². The lowest BCUT2D eigenvalue weighted by atomic mass is 9.86. The van der Waals surface area contributed by atoms with Gasteiger partial charge in [-0.1, -0.05) is 35.9 Å². The van der Waals surface area contributed by atoms with E-state index in [1.54, 1.807) is 30.3 Å². The number of rotatable bonds is 8. The molecule has 2 heterocycles. The quantitative estimate of drug-likeness (QED) is 0.394. The third-order valence-electron chi connectivity index (χ3n) is 7.07. The maximum atomic E-state index is 13.2. The van der Waals surface area contributed by atoms with Crippen molar-refractivity contribution >= 4 is 44.4 Å². The monoisotopic (exact) mass is 534 g/mol. The third-order valence-corrected chi connectivity index (χ3v) is 9.32. The number of carbonyl (C=O) groups excluding carboxylic acids is 2. The molecule has 2 aliphatic heterocycles. The summed E-state index contributed by atoms with van der Waals surface area (Å²) in [7, 11) is -3.93. The molecule has 2 aromatic carbocycles. The molecule has 194 valence electrons. The van der Waals surface area contributed by atoms with Crippen molar-refractivity contribution in [2.75, 3.05) is 32.0 Å². The lowest BCUT2D eigenvalue weighted by Crippen LogP contribution is -2.56. The zero-order valence-corrected chi connectivity index (χ0v) is 21.5. The van der Waals surface area contributed by atoms with Gasteiger partial charge in [0.05, 0.1) is 12.4 Å². The molecule has 2 aliphatic rings. The van der Waals surface area contributed by atoms with Crippen LogP contribution in [0.4, 0.5) is 0 Å². The van der Waals surface area contributed by atoms with E-state index < -0.39 is 39.0 Å². The van der Waals surface area contributed by atoms with Crippen molar-refractivity contribution < 1.29 is 27.9 Å². The Kier molecular flexibility index (Phi) is 8.47. The number of halogens is 1. The van der Waals surface area contributed by atoms with Crippen LogP contribution in [0, 0.1) is 5.92 Å². The molecule has 0 aliphatic carbocycles. The number of nitrogens with one attached hydrogen (secondary N) is 1. The molecule has 0 bridgehead atoms. The molecule has 0 aromatic heterocycles. The smallest absolute Gasteiger partial charge is 0.252 e. The van der Waals surface area contributed by atoms with E-state index in [9.17, 15) is 23.1 Å². The Hall–Kier alpha value is -2.30. The van der Waals surface area contributed by atoms with E-state index in [0.29, 0.717) is 49.7 Å². The molecule has 2 aromatic rings. The molecule has 8 nitrogen and oxygen atoms in total. The van der Waals surface area contributed by atoms with Gasteiger partial charge in [0, 0.05) is 30.7 Å². The van der Waals surface area contributed by atoms with Crippen LogP contribution >= 0.6 is 11.6 Å². The summed E-state index contributed by atoms with van der Waals surface area (Å²) in [5.74, 6) is -1.15. The lowest BCUT2D eigenvalue weighted by Gasteiger charge is -2.40. The van der Waals surface area contributed by atoms with Crippen LogP contribution < -0.4 is 5.32 Å². The molecule has 2 fully saturated rings. The van der Waals surface area contributed by atoms with Crippen molar-refractivity contribution in [3.63, 3.8) is 0 Å². The van der Waals surface area contributed by atoms with Gasteiger partial charge in [-0.05, 0) is 53.3 Å². The number of piperidine rings is 1. The fraction of sp³-hybridized carbons (Fsp3) is 0.462. The fourth-order valence-electron chi connectivity index (χ4n) is 5.19. The Bertz CT molecular complexity index is 1230. The van der Waals surface area contributed by atoms with E-state index in [0.717, 1.165) is 17.1 Å². The molecule has 3 unspecified atom stereocenters. The Morgan fingerprint density at radius 3 is 2.61 bits per heavy atom. The normalized spacial score (nSPS) is 23.2. The minimum Gasteiger partial charge on any atom is -0.382 e. The summed E-state index contributed by atoms with van der Waals surface area (Å²) in [5, 5.41) is 15.1. The molecule has 2 N–H and O–H groups in total. The number of benzene rings is 2. The second kappa shape index (κ2) is 11.4. The lowest BCUT2D eigenvalue weighted by molar-refractivity contribution is -0.141. The van der Waals surface area contributed by atoms with Crippen molar-refractivity contribution in [1.82, 2.24) is 10.2 Å². The summed E-state index contributed by atoms with van der Waals surface area (Å²) in [6, 6.07) is 10.5. The van der Waals surface area contributed by atoms with E-state index in [-0.39, 0.29) is 12.0 Å². The van der Waals surface area contributed by atoms with Crippen molar-refractivity contribution in [3.05, 3.63) is 59.6 Å². The number of sulfone groups is 1. The Morgan fingerprint density at radius 1 is 1.22 bits per heavy atom. The average Bonchev–Trinajstić information content (AvgIpc) is 2.88. The molecular formula is C26H31ClN2O6S. The summed E-state index contributed by atoms with van der Waals surface area (Å²) in [4.78, 5) is 25.7. The van der Waals surface area contributed by atoms with Crippen LogP contribution in [0.3, 0.4) is 0 Å². The van der Waals surface area contributed by atoms with Crippen LogP contribution in [-0.2, 0) is 24.2 Å². The molecule has 4 rings (SSSR count). The average molecular weight is 535 g/mol. The van der Waals surface area contributed by atoms with Crippen molar-refractivity contribution in [3.8, 4) is 0 Å². The van der Waals surface area contributed by atoms with Gasteiger partial charge in [0.2, 0.25) is 0 Å². The molecule has 10 heteroatoms. The first-order valence-corrected chi connectivity index (χ1v) is 14.1. The molecule has 2 saturated heterocycles. The topological polar surface area (TPSA) is 113 Å². The predicted molar refractivity (Wildman–Crippen MR) is 139 cm³/mol. The van der Waals surface area contributed by atoms with Gasteiger partial charge in [0.1, 0.15) is 23.7 Å². The maximum Gasteiger partial charge on any atom is 0.252 e. The van der Waals surface area contributed by atoms with Crippen LogP contribution in [0.5, 0.6) is 0 Å². The number of hydrogen-bond acceptors (Lipinski definition) is 7. The maximum absolute atomic E-state index is 13.2. The van der Waals surface area contributed by atoms with Crippen molar-refractivity contribution in [1.29, 1.82) is 0 Å². The molecule has 4 atom stereocenters. The van der Waals surface area contributed by atoms with Crippen LogP contribution in [0.25, 0.3) is 10.8 Å². The van der Waals surface area contributed by atoms with E-state index >= 15 is 0 Å². The van der Waals surface area contributed by atoms with Crippen molar-refractivity contribution in [2.24, 2.45) is 5.92 Å². The second-order valence-electron chi connectivity index (χ2n) is 9.37. The number of aliphatic hydroxyl groups is 1. The van der Waals surface area contributed by atoms with Gasteiger partial charge in [0.15, 0.2) is 9.84 Å². The predicted octanol–water partition coefficient (Wildman–Crippen LogP) is 2.29. The number of amides is 1. The molecule has 0 radical (unpaired) electrons. The van der Waals surface area contributed by atoms with Gasteiger partial charge in [-0.15, -0.1) is 6.58 Å². The first-order valence-electron chi connectivity index (χ1n) is 12.0. The SMILES string of the molecule is C=CC(c1ccc2cc(Cl)ccc2c1)S(=O)(=O)C[C@@H](O)C(=O)N1CCC(C2NCCOC2C=O)CC1. The van der Waals surface area contributed by atoms with Gasteiger partial charge in [-0.25, -0.2) is 8.42 Å². The van der Waals surface area contributed by atoms with Crippen LogP contribution in [0.1, 0.15) is 23.7 Å². The zero-order valence-electron chi connectivity index (χ0n) is 19.9. The second-order valence-corrected chi connectivity index (χ2v) is 12.0. The van der Waals surface area contributed by atoms with Crippen LogP contribution in [0.2, 0.25) is 5.02 Å². The van der Waals surface area contributed by atoms with E-state index in [1.807, 2.05) is 6.07 Å². The van der Waals surface area contributed by atoms with Gasteiger partial charge in [0.25, 0.3) is 5.91 Å². The summed E-state index contributed by atoms with van der Waals surface area (Å²) in [5.41, 5.74) is 0.507. The van der Waals surface area contributed by atoms with Gasteiger partial charge < -0.3 is 24.9 Å². The first kappa shape index (κ1) is 26.8. The number of aliphatic hydroxyl groups excluding tert-OH is 1. The minimum atomic E-state index is -3.93. The highest BCUT2D eigenvalue weighted by Gasteiger charge is 2.37. The number of carbonyl (C=O) groups is 2. The Morgan fingerprint density at radius 2 is 1.92 bits per heavy atom. The Balaban J connectivity index is 1.39. The highest BCUT2D eigenvalue weighted by atomic mass is 35.5. The van der Waals surface area contributed by atoms with E-state index in [1.165, 1.54) is 11.0 Å². The number of fused-ring (bicyclic) bond motifs is 1. The number of nitrogens with zero attached hydrogens (tertiary/aromatic N) is 1. The standard InChI is InChI=1S/C26H31ClN2O6S/c1-2-24(20-4-3-19-14-21(27)6-5-18(19)13-20)36(33,34)16-22(31)26(32)29-10-7-17(8-11-29)25-23(15-30)35-12-9-28-25/h2-6,13-15,17,22-25,28,31H,1,7-12,16H2/t22-,23?,24?,25?/m1/s1. The highest BCUT2D eigenvalue weighted by molar-refractivity contribution is 7.91. The number of hydrogen-bond donors (Lipinski definition) is 2. The number of likely N-dealkylation sites (tertiary alicyclic amines) is 1. The Labute approximate surface area is 216 Å². The number of aldehydes is 1. The first-order chi connectivity index (χ1) is 17.2. The van der Waals surface area contributed by atoms with Crippen molar-refractivity contribution in [2.45, 2.75) is 36.3 Å². The van der Waals surface area contributed by atoms with E-state index in [2.05, 4.69) is 11.9 Å². The molecule has 0 saturated carbocycles. The largest absolute Gasteiger partial charge is 0.382 e. The van der Waals surface area contributed by atoms with Gasteiger partial charge in [-0.2, -0.15) is 0 Å². The fourth-order valence-corrected chi connectivity index (χ4v) is 7.01. The molecule has 0 spiro atoms. The number of ether oxygens (including phenoxy) is 1. The number of morpholine rings is 1. The molecule has 1 amide bonds. The van der Waals surface area contributed by atoms with E-state index in [4.69, 9.17) is 16.3 Å². The van der Waals surface area contributed by atoms with Gasteiger partial charge >= 0.3 is 0 Å². The molecule has 36 heavy (non-hydrogen) atoms. The third kappa shape index (κ3) is 5.81. The van der Waals surface area contributed by atoms with Crippen LogP contribution in [0.15, 0.2) is 49.1 Å². The zero-order chi connectivity index (χ0) is 25.9. The highest BCUT2D eigenvalue weighted by Crippen LogP contribution is 2.30. The summed E-state index contributed by atoms with van der Waals surface area (Å²) >= 11 is 6.03. The minimum absolute atomic E-state index is 0.106. The summed E-state index contributed by atoms with van der Waals surface area (Å²) in [6.07, 6.45) is 1.21.